The smallest absolute Gasteiger partial charge is 0.344 e. The maximum absolute atomic E-state index is 12.7. The molecule has 1 aromatic heterocycles. The van der Waals surface area contributed by atoms with E-state index in [1.165, 1.54) is 0 Å². The third-order valence-electron chi connectivity index (χ3n) is 4.27. The fourth-order valence-electron chi connectivity index (χ4n) is 3.19. The zero-order valence-electron chi connectivity index (χ0n) is 13.2. The molecule has 0 fully saturated rings. The van der Waals surface area contributed by atoms with Gasteiger partial charge in [-0.25, -0.2) is 9.59 Å². The summed E-state index contributed by atoms with van der Waals surface area (Å²) in [7, 11) is 0. The minimum absolute atomic E-state index is 0.0811. The summed E-state index contributed by atoms with van der Waals surface area (Å²) in [5.41, 5.74) is 5.91. The van der Waals surface area contributed by atoms with E-state index in [-0.39, 0.29) is 22.8 Å². The van der Waals surface area contributed by atoms with E-state index in [0.717, 1.165) is 0 Å². The number of hydrogen-bond acceptors (Lipinski definition) is 5. The lowest BCUT2D eigenvalue weighted by Crippen LogP contribution is -2.30. The first kappa shape index (κ1) is 16.2. The number of ether oxygens (including phenoxy) is 1. The molecule has 130 valence electrons. The average Bonchev–Trinajstić information content (AvgIpc) is 2.60. The molecule has 3 N–H and O–H groups in total. The van der Waals surface area contributed by atoms with Crippen molar-refractivity contribution in [1.29, 1.82) is 0 Å². The van der Waals surface area contributed by atoms with E-state index in [9.17, 15) is 14.7 Å². The van der Waals surface area contributed by atoms with E-state index >= 15 is 0 Å². The zero-order valence-corrected chi connectivity index (χ0v) is 14.0. The molecule has 4 rings (SSSR count). The van der Waals surface area contributed by atoms with Crippen molar-refractivity contribution >= 4 is 28.5 Å². The first-order valence-electron chi connectivity index (χ1n) is 7.69. The number of para-hydroxylation sites is 1. The SMILES string of the molecule is NC1=C(C(=O)O)C(c2cccc(Cl)c2)c2c(c3ccccc3oc2=O)O1. The van der Waals surface area contributed by atoms with Gasteiger partial charge in [0.05, 0.1) is 16.9 Å². The summed E-state index contributed by atoms with van der Waals surface area (Å²) in [6.45, 7) is 0. The third kappa shape index (κ3) is 2.43. The molecule has 3 aromatic rings. The number of aliphatic carboxylic acids is 1. The molecule has 0 saturated carbocycles. The Bertz CT molecular complexity index is 1150. The summed E-state index contributed by atoms with van der Waals surface area (Å²) < 4.78 is 10.9. The molecule has 0 saturated heterocycles. The fourth-order valence-corrected chi connectivity index (χ4v) is 3.39. The van der Waals surface area contributed by atoms with Crippen LogP contribution < -0.4 is 16.1 Å². The van der Waals surface area contributed by atoms with Crippen molar-refractivity contribution in [3.63, 3.8) is 0 Å². The van der Waals surface area contributed by atoms with Crippen molar-refractivity contribution in [2.45, 2.75) is 5.92 Å². The number of halogens is 1. The predicted molar refractivity (Wildman–Crippen MR) is 95.3 cm³/mol. The highest BCUT2D eigenvalue weighted by molar-refractivity contribution is 6.30. The van der Waals surface area contributed by atoms with Crippen LogP contribution in [0.25, 0.3) is 11.0 Å². The van der Waals surface area contributed by atoms with Crippen LogP contribution in [0.1, 0.15) is 17.0 Å². The molecule has 26 heavy (non-hydrogen) atoms. The number of carbonyl (C=O) groups is 1. The van der Waals surface area contributed by atoms with Crippen molar-refractivity contribution in [2.24, 2.45) is 5.73 Å². The van der Waals surface area contributed by atoms with Crippen LogP contribution in [0.4, 0.5) is 0 Å². The van der Waals surface area contributed by atoms with Crippen LogP contribution in [0.3, 0.4) is 0 Å². The van der Waals surface area contributed by atoms with Gasteiger partial charge in [-0.05, 0) is 29.8 Å². The Morgan fingerprint density at radius 2 is 1.92 bits per heavy atom. The van der Waals surface area contributed by atoms with Crippen LogP contribution >= 0.6 is 11.6 Å². The van der Waals surface area contributed by atoms with Gasteiger partial charge in [0.25, 0.3) is 0 Å². The van der Waals surface area contributed by atoms with Gasteiger partial charge < -0.3 is 20.0 Å². The van der Waals surface area contributed by atoms with E-state index in [4.69, 9.17) is 26.5 Å². The molecular formula is C19H12ClNO5. The first-order chi connectivity index (χ1) is 12.5. The normalized spacial score (nSPS) is 16.3. The number of carboxylic acids is 1. The Kier molecular flexibility index (Phi) is 3.70. The van der Waals surface area contributed by atoms with Crippen molar-refractivity contribution in [3.8, 4) is 5.75 Å². The lowest BCUT2D eigenvalue weighted by molar-refractivity contribution is -0.133. The van der Waals surface area contributed by atoms with Gasteiger partial charge in [0.1, 0.15) is 11.2 Å². The van der Waals surface area contributed by atoms with E-state index in [2.05, 4.69) is 0 Å². The standard InChI is InChI=1S/C19H12ClNO5/c20-10-5-3-4-9(8-10)13-14-16(26-17(21)15(13)18(22)23)11-6-1-2-7-12(11)25-19(14)24/h1-8,13H,21H2,(H,22,23). The van der Waals surface area contributed by atoms with Gasteiger partial charge >= 0.3 is 11.6 Å². The van der Waals surface area contributed by atoms with Crippen LogP contribution in [0.15, 0.2) is 69.2 Å². The second-order valence-electron chi connectivity index (χ2n) is 5.80. The van der Waals surface area contributed by atoms with E-state index in [1.54, 1.807) is 48.5 Å². The molecule has 6 nitrogen and oxygen atoms in total. The quantitative estimate of drug-likeness (QED) is 0.672. The molecule has 0 radical (unpaired) electrons. The Labute approximate surface area is 152 Å². The molecule has 1 aliphatic rings. The van der Waals surface area contributed by atoms with Gasteiger partial charge in [0.15, 0.2) is 5.75 Å². The number of rotatable bonds is 2. The second kappa shape index (κ2) is 5.93. The van der Waals surface area contributed by atoms with Crippen molar-refractivity contribution in [1.82, 2.24) is 0 Å². The lowest BCUT2D eigenvalue weighted by atomic mass is 9.83. The van der Waals surface area contributed by atoms with Crippen LogP contribution in [0.5, 0.6) is 5.75 Å². The van der Waals surface area contributed by atoms with Gasteiger partial charge in [0.2, 0.25) is 5.88 Å². The molecular weight excluding hydrogens is 358 g/mol. The fraction of sp³-hybridized carbons (Fsp3) is 0.0526. The number of benzene rings is 2. The number of carboxylic acid groups (broad SMARTS) is 1. The Morgan fingerprint density at radius 1 is 1.15 bits per heavy atom. The Balaban J connectivity index is 2.10. The molecule has 0 spiro atoms. The van der Waals surface area contributed by atoms with Crippen LogP contribution in [-0.2, 0) is 4.79 Å². The van der Waals surface area contributed by atoms with Crippen LogP contribution in [0, 0.1) is 0 Å². The predicted octanol–water partition coefficient (Wildman–Crippen LogP) is 3.23. The largest absolute Gasteiger partial charge is 0.478 e. The molecule has 0 aliphatic carbocycles. The molecule has 0 bridgehead atoms. The Morgan fingerprint density at radius 3 is 2.65 bits per heavy atom. The third-order valence-corrected chi connectivity index (χ3v) is 4.50. The van der Waals surface area contributed by atoms with Crippen molar-refractivity contribution in [2.75, 3.05) is 0 Å². The second-order valence-corrected chi connectivity index (χ2v) is 6.24. The molecule has 2 aromatic carbocycles. The monoisotopic (exact) mass is 369 g/mol. The van der Waals surface area contributed by atoms with Crippen molar-refractivity contribution < 1.29 is 19.1 Å². The van der Waals surface area contributed by atoms with Gasteiger partial charge in [-0.2, -0.15) is 0 Å². The summed E-state index contributed by atoms with van der Waals surface area (Å²) in [6, 6.07) is 13.4. The number of fused-ring (bicyclic) bond motifs is 3. The molecule has 7 heteroatoms. The lowest BCUT2D eigenvalue weighted by Gasteiger charge is -2.27. The first-order valence-corrected chi connectivity index (χ1v) is 8.07. The van der Waals surface area contributed by atoms with Crippen molar-refractivity contribution in [3.05, 3.63) is 86.6 Å². The number of nitrogens with two attached hydrogens (primary N) is 1. The summed E-state index contributed by atoms with van der Waals surface area (Å²) in [6.07, 6.45) is 0. The van der Waals surface area contributed by atoms with Gasteiger partial charge in [-0.3, -0.25) is 0 Å². The molecule has 1 unspecified atom stereocenters. The van der Waals surface area contributed by atoms with E-state index in [1.807, 2.05) is 0 Å². The number of hydrogen-bond donors (Lipinski definition) is 2. The molecule has 2 heterocycles. The highest BCUT2D eigenvalue weighted by Gasteiger charge is 2.38. The van der Waals surface area contributed by atoms with Gasteiger partial charge in [0, 0.05) is 5.02 Å². The summed E-state index contributed by atoms with van der Waals surface area (Å²) in [5.74, 6) is -2.32. The van der Waals surface area contributed by atoms with Gasteiger partial charge in [-0.1, -0.05) is 35.9 Å². The maximum atomic E-state index is 12.7. The molecule has 1 aliphatic heterocycles. The topological polar surface area (TPSA) is 103 Å². The zero-order chi connectivity index (χ0) is 18.4. The average molecular weight is 370 g/mol. The minimum atomic E-state index is -1.29. The minimum Gasteiger partial charge on any atom is -0.478 e. The van der Waals surface area contributed by atoms with E-state index in [0.29, 0.717) is 21.6 Å². The Hall–Kier alpha value is -3.25. The van der Waals surface area contributed by atoms with Crippen LogP contribution in [0.2, 0.25) is 5.02 Å². The van der Waals surface area contributed by atoms with E-state index < -0.39 is 17.5 Å². The molecule has 1 atom stereocenters. The summed E-state index contributed by atoms with van der Waals surface area (Å²) in [4.78, 5) is 24.5. The highest BCUT2D eigenvalue weighted by Crippen LogP contribution is 2.43. The summed E-state index contributed by atoms with van der Waals surface area (Å²) in [5, 5.41) is 10.6. The van der Waals surface area contributed by atoms with Crippen LogP contribution in [-0.4, -0.2) is 11.1 Å². The molecule has 0 amide bonds. The maximum Gasteiger partial charge on any atom is 0.344 e. The summed E-state index contributed by atoms with van der Waals surface area (Å²) >= 11 is 6.06. The van der Waals surface area contributed by atoms with Gasteiger partial charge in [-0.15, -0.1) is 0 Å². The highest BCUT2D eigenvalue weighted by atomic mass is 35.5.